The zero-order chi connectivity index (χ0) is 16.7. The molecule has 1 amide bonds. The third-order valence-electron chi connectivity index (χ3n) is 4.00. The number of halogens is 1. The highest BCUT2D eigenvalue weighted by Gasteiger charge is 2.29. The molecule has 2 aromatic heterocycles. The molecule has 1 aliphatic heterocycles. The summed E-state index contributed by atoms with van der Waals surface area (Å²) in [5.41, 5.74) is 1.86. The number of benzene rings is 1. The predicted molar refractivity (Wildman–Crippen MR) is 93.7 cm³/mol. The molecule has 6 nitrogen and oxygen atoms in total. The Bertz CT molecular complexity index is 945. The van der Waals surface area contributed by atoms with Gasteiger partial charge in [-0.05, 0) is 24.3 Å². The van der Waals surface area contributed by atoms with Crippen molar-refractivity contribution in [2.75, 3.05) is 29.9 Å². The molecule has 0 atom stereocenters. The minimum Gasteiger partial charge on any atom is -0.355 e. The second kappa shape index (κ2) is 5.72. The second-order valence-electron chi connectivity index (χ2n) is 5.60. The number of rotatable bonds is 1. The first-order valence-electron chi connectivity index (χ1n) is 7.55. The Morgan fingerprint density at radius 1 is 1.08 bits per heavy atom. The zero-order valence-electron chi connectivity index (χ0n) is 13.0. The van der Waals surface area contributed by atoms with Crippen molar-refractivity contribution in [2.24, 2.45) is 0 Å². The largest absolute Gasteiger partial charge is 0.355 e. The molecular weight excluding hydrogens is 326 g/mol. The van der Waals surface area contributed by atoms with E-state index in [4.69, 9.17) is 11.6 Å². The second-order valence-corrected chi connectivity index (χ2v) is 6.03. The minimum absolute atomic E-state index is 0.226. The van der Waals surface area contributed by atoms with Crippen molar-refractivity contribution in [1.29, 1.82) is 0 Å². The zero-order valence-corrected chi connectivity index (χ0v) is 13.7. The lowest BCUT2D eigenvalue weighted by molar-refractivity contribution is 0.0981. The van der Waals surface area contributed by atoms with Gasteiger partial charge in [-0.3, -0.25) is 14.7 Å². The average molecular weight is 340 g/mol. The van der Waals surface area contributed by atoms with Crippen LogP contribution in [0.2, 0.25) is 5.02 Å². The van der Waals surface area contributed by atoms with Gasteiger partial charge in [0.25, 0.3) is 5.91 Å². The number of nitrogens with zero attached hydrogens (tertiary/aromatic N) is 5. The van der Waals surface area contributed by atoms with Crippen LogP contribution < -0.4 is 9.80 Å². The smallest absolute Gasteiger partial charge is 0.278 e. The van der Waals surface area contributed by atoms with Crippen molar-refractivity contribution in [1.82, 2.24) is 15.0 Å². The first kappa shape index (κ1) is 14.8. The number of pyridine rings is 1. The Labute approximate surface area is 143 Å². The summed E-state index contributed by atoms with van der Waals surface area (Å²) in [6.07, 6.45) is 1.53. The monoisotopic (exact) mass is 339 g/mol. The maximum atomic E-state index is 12.9. The number of hydrogen-bond donors (Lipinski definition) is 0. The Kier molecular flexibility index (Phi) is 3.54. The molecular formula is C17H14ClN5O. The summed E-state index contributed by atoms with van der Waals surface area (Å²) >= 11 is 5.98. The molecule has 0 radical (unpaired) electrons. The van der Waals surface area contributed by atoms with Crippen LogP contribution in [-0.4, -0.2) is 41.0 Å². The normalized spacial score (nSPS) is 13.9. The van der Waals surface area contributed by atoms with Crippen molar-refractivity contribution in [3.63, 3.8) is 0 Å². The summed E-state index contributed by atoms with van der Waals surface area (Å²) in [7, 11) is 1.95. The van der Waals surface area contributed by atoms with E-state index in [1.54, 1.807) is 17.0 Å². The van der Waals surface area contributed by atoms with E-state index in [1.165, 1.54) is 6.20 Å². The summed E-state index contributed by atoms with van der Waals surface area (Å²) in [4.78, 5) is 30.0. The molecule has 0 spiro atoms. The van der Waals surface area contributed by atoms with Crippen LogP contribution in [0, 0.1) is 0 Å². The molecule has 0 saturated heterocycles. The Balaban J connectivity index is 1.83. The third kappa shape index (κ3) is 2.45. The van der Waals surface area contributed by atoms with Gasteiger partial charge in [-0.2, -0.15) is 0 Å². The molecule has 1 aliphatic rings. The Morgan fingerprint density at radius 2 is 1.79 bits per heavy atom. The van der Waals surface area contributed by atoms with Gasteiger partial charge < -0.3 is 4.90 Å². The standard InChI is InChI=1S/C17H14ClN5O/c1-22-8-9-23(17(24)14-10-11(18)6-7-19-14)16-15(22)20-12-4-2-3-5-13(12)21-16/h2-7,10H,8-9H2,1H3. The molecule has 7 heteroatoms. The van der Waals surface area contributed by atoms with Gasteiger partial charge in [0.1, 0.15) is 5.69 Å². The highest BCUT2D eigenvalue weighted by Crippen LogP contribution is 2.31. The maximum absolute atomic E-state index is 12.9. The molecule has 24 heavy (non-hydrogen) atoms. The van der Waals surface area contributed by atoms with Crippen molar-refractivity contribution in [2.45, 2.75) is 0 Å². The molecule has 1 aromatic carbocycles. The van der Waals surface area contributed by atoms with E-state index in [1.807, 2.05) is 36.2 Å². The fraction of sp³-hybridized carbons (Fsp3) is 0.176. The number of anilines is 2. The molecule has 0 unspecified atom stereocenters. The molecule has 3 aromatic rings. The van der Waals surface area contributed by atoms with Crippen LogP contribution in [0.1, 0.15) is 10.5 Å². The number of fused-ring (bicyclic) bond motifs is 2. The third-order valence-corrected chi connectivity index (χ3v) is 4.23. The minimum atomic E-state index is -0.226. The van der Waals surface area contributed by atoms with Crippen molar-refractivity contribution < 1.29 is 4.79 Å². The quantitative estimate of drug-likeness (QED) is 0.682. The van der Waals surface area contributed by atoms with E-state index in [9.17, 15) is 4.79 Å². The lowest BCUT2D eigenvalue weighted by atomic mass is 10.2. The van der Waals surface area contributed by atoms with Gasteiger partial charge in [0.2, 0.25) is 0 Å². The van der Waals surface area contributed by atoms with Crippen LogP contribution in [-0.2, 0) is 0 Å². The lowest BCUT2D eigenvalue weighted by Crippen LogP contribution is -2.44. The van der Waals surface area contributed by atoms with E-state index in [0.29, 0.717) is 35.4 Å². The highest BCUT2D eigenvalue weighted by molar-refractivity contribution is 6.31. The highest BCUT2D eigenvalue weighted by atomic mass is 35.5. The molecule has 0 N–H and O–H groups in total. The van der Waals surface area contributed by atoms with E-state index >= 15 is 0 Å². The Hall–Kier alpha value is -2.73. The molecule has 120 valence electrons. The van der Waals surface area contributed by atoms with Crippen molar-refractivity contribution >= 4 is 40.2 Å². The van der Waals surface area contributed by atoms with Crippen molar-refractivity contribution in [3.05, 3.63) is 53.3 Å². The fourth-order valence-electron chi connectivity index (χ4n) is 2.74. The average Bonchev–Trinajstić information content (AvgIpc) is 2.60. The van der Waals surface area contributed by atoms with E-state index in [-0.39, 0.29) is 5.91 Å². The summed E-state index contributed by atoms with van der Waals surface area (Å²) in [6, 6.07) is 10.8. The number of hydrogen-bond acceptors (Lipinski definition) is 5. The molecule has 0 saturated carbocycles. The summed E-state index contributed by atoms with van der Waals surface area (Å²) in [6.45, 7) is 1.19. The van der Waals surface area contributed by atoms with E-state index in [0.717, 1.165) is 11.0 Å². The summed E-state index contributed by atoms with van der Waals surface area (Å²) in [5, 5.41) is 0.479. The number of likely N-dealkylation sites (N-methyl/N-ethyl adjacent to an activating group) is 1. The van der Waals surface area contributed by atoms with Crippen LogP contribution in [0.3, 0.4) is 0 Å². The maximum Gasteiger partial charge on any atom is 0.278 e. The molecule has 0 bridgehead atoms. The summed E-state index contributed by atoms with van der Waals surface area (Å²) < 4.78 is 0. The van der Waals surface area contributed by atoms with Gasteiger partial charge in [-0.15, -0.1) is 0 Å². The SMILES string of the molecule is CN1CCN(C(=O)c2cc(Cl)ccn2)c2nc3ccccc3nc21. The van der Waals surface area contributed by atoms with Gasteiger partial charge in [0.15, 0.2) is 11.6 Å². The topological polar surface area (TPSA) is 62.2 Å². The summed E-state index contributed by atoms with van der Waals surface area (Å²) in [5.74, 6) is 1.01. The van der Waals surface area contributed by atoms with Crippen molar-refractivity contribution in [3.8, 4) is 0 Å². The van der Waals surface area contributed by atoms with Crippen LogP contribution in [0.15, 0.2) is 42.6 Å². The van der Waals surface area contributed by atoms with Crippen LogP contribution >= 0.6 is 11.6 Å². The first-order chi connectivity index (χ1) is 11.6. The number of carbonyl (C=O) groups is 1. The first-order valence-corrected chi connectivity index (χ1v) is 7.92. The van der Waals surface area contributed by atoms with Crippen LogP contribution in [0.4, 0.5) is 11.6 Å². The molecule has 0 aliphatic carbocycles. The van der Waals surface area contributed by atoms with Gasteiger partial charge in [-0.25, -0.2) is 9.97 Å². The number of para-hydroxylation sites is 2. The van der Waals surface area contributed by atoms with Gasteiger partial charge in [0.05, 0.1) is 11.0 Å². The van der Waals surface area contributed by atoms with E-state index in [2.05, 4.69) is 15.0 Å². The van der Waals surface area contributed by atoms with Gasteiger partial charge in [-0.1, -0.05) is 23.7 Å². The number of amides is 1. The Morgan fingerprint density at radius 3 is 2.50 bits per heavy atom. The molecule has 3 heterocycles. The van der Waals surface area contributed by atoms with Gasteiger partial charge >= 0.3 is 0 Å². The predicted octanol–water partition coefficient (Wildman–Crippen LogP) is 2.77. The number of carbonyl (C=O) groups excluding carboxylic acids is 1. The fourth-order valence-corrected chi connectivity index (χ4v) is 2.90. The van der Waals surface area contributed by atoms with Gasteiger partial charge in [0, 0.05) is 31.4 Å². The molecule has 0 fully saturated rings. The molecule has 4 rings (SSSR count). The lowest BCUT2D eigenvalue weighted by Gasteiger charge is -2.33. The van der Waals surface area contributed by atoms with Crippen LogP contribution in [0.25, 0.3) is 11.0 Å². The van der Waals surface area contributed by atoms with E-state index < -0.39 is 0 Å². The van der Waals surface area contributed by atoms with Crippen LogP contribution in [0.5, 0.6) is 0 Å². The number of aromatic nitrogens is 3.